The van der Waals surface area contributed by atoms with Gasteiger partial charge in [-0.15, -0.1) is 0 Å². The van der Waals surface area contributed by atoms with Gasteiger partial charge in [0.2, 0.25) is 5.91 Å². The van der Waals surface area contributed by atoms with Crippen molar-refractivity contribution in [1.29, 1.82) is 0 Å². The van der Waals surface area contributed by atoms with Crippen LogP contribution in [0.2, 0.25) is 0 Å². The number of hydrogen-bond donors (Lipinski definition) is 2. The minimum absolute atomic E-state index is 0.0205. The van der Waals surface area contributed by atoms with Gasteiger partial charge in [-0.25, -0.2) is 0 Å². The van der Waals surface area contributed by atoms with Crippen LogP contribution in [0.15, 0.2) is 24.3 Å². The van der Waals surface area contributed by atoms with Crippen molar-refractivity contribution in [3.05, 3.63) is 29.8 Å². The average Bonchev–Trinajstić information content (AvgIpc) is 2.29. The van der Waals surface area contributed by atoms with Gasteiger partial charge in [-0.3, -0.25) is 9.59 Å². The fourth-order valence-electron chi connectivity index (χ4n) is 1.93. The van der Waals surface area contributed by atoms with Crippen LogP contribution in [0, 0.1) is 0 Å². The highest BCUT2D eigenvalue weighted by Gasteiger charge is 2.06. The summed E-state index contributed by atoms with van der Waals surface area (Å²) < 4.78 is 0. The lowest BCUT2D eigenvalue weighted by molar-refractivity contribution is -0.119. The minimum Gasteiger partial charge on any atom is -0.393 e. The van der Waals surface area contributed by atoms with E-state index >= 15 is 0 Å². The number of Topliss-reactive ketones (excluding diaryl/α,β-unsaturated/α-hetero) is 1. The number of anilines is 1. The van der Waals surface area contributed by atoms with E-state index in [1.165, 1.54) is 13.8 Å². The number of carbonyl (C=O) groups excluding carboxylic acids is 2. The number of benzene rings is 1. The number of aliphatic hydroxyl groups is 1. The maximum Gasteiger partial charge on any atom is 0.221 e. The van der Waals surface area contributed by atoms with Crippen molar-refractivity contribution in [2.75, 3.05) is 5.32 Å². The van der Waals surface area contributed by atoms with Gasteiger partial charge in [0.25, 0.3) is 0 Å². The van der Waals surface area contributed by atoms with E-state index in [2.05, 4.69) is 5.32 Å². The zero-order chi connectivity index (χ0) is 14.3. The van der Waals surface area contributed by atoms with Gasteiger partial charge in [0.1, 0.15) is 5.78 Å². The molecule has 0 aliphatic carbocycles. The zero-order valence-electron chi connectivity index (χ0n) is 11.5. The second-order valence-corrected chi connectivity index (χ2v) is 4.83. The van der Waals surface area contributed by atoms with Gasteiger partial charge < -0.3 is 10.4 Å². The number of hydrogen-bond acceptors (Lipinski definition) is 3. The Kier molecular flexibility index (Phi) is 6.22. The number of ketones is 1. The molecule has 1 aromatic carbocycles. The summed E-state index contributed by atoms with van der Waals surface area (Å²) in [5.41, 5.74) is 1.94. The molecule has 0 aliphatic rings. The Hall–Kier alpha value is -1.68. The molecule has 4 nitrogen and oxygen atoms in total. The Labute approximate surface area is 113 Å². The molecule has 0 radical (unpaired) electrons. The summed E-state index contributed by atoms with van der Waals surface area (Å²) in [4.78, 5) is 21.7. The van der Waals surface area contributed by atoms with Crippen LogP contribution in [0.25, 0.3) is 0 Å². The monoisotopic (exact) mass is 263 g/mol. The van der Waals surface area contributed by atoms with Gasteiger partial charge in [0, 0.05) is 19.0 Å². The van der Waals surface area contributed by atoms with Crippen molar-refractivity contribution in [2.45, 2.75) is 45.6 Å². The summed E-state index contributed by atoms with van der Waals surface area (Å²) in [7, 11) is 0. The standard InChI is InChI=1S/C15H21NO3/c1-11(17)10-15(19)5-3-4-13-6-8-14(9-7-13)16-12(2)18/h6-9,15,19H,3-5,10H2,1-2H3,(H,16,18). The van der Waals surface area contributed by atoms with Crippen LogP contribution >= 0.6 is 0 Å². The smallest absolute Gasteiger partial charge is 0.221 e. The fourth-order valence-corrected chi connectivity index (χ4v) is 1.93. The Morgan fingerprint density at radius 1 is 1.21 bits per heavy atom. The Balaban J connectivity index is 2.33. The molecule has 0 heterocycles. The molecule has 0 saturated carbocycles. The topological polar surface area (TPSA) is 66.4 Å². The second kappa shape index (κ2) is 7.69. The van der Waals surface area contributed by atoms with Crippen LogP contribution < -0.4 is 5.32 Å². The molecule has 0 fully saturated rings. The molecule has 104 valence electrons. The lowest BCUT2D eigenvalue weighted by Gasteiger charge is -2.08. The normalized spacial score (nSPS) is 11.9. The van der Waals surface area contributed by atoms with Crippen molar-refractivity contribution in [3.8, 4) is 0 Å². The highest BCUT2D eigenvalue weighted by atomic mass is 16.3. The predicted molar refractivity (Wildman–Crippen MR) is 75.0 cm³/mol. The first-order valence-electron chi connectivity index (χ1n) is 6.51. The van der Waals surface area contributed by atoms with Crippen LogP contribution in [0.1, 0.15) is 38.7 Å². The minimum atomic E-state index is -0.531. The molecule has 0 saturated heterocycles. The van der Waals surface area contributed by atoms with Crippen LogP contribution in [-0.4, -0.2) is 22.9 Å². The summed E-state index contributed by atoms with van der Waals surface area (Å²) >= 11 is 0. The SMILES string of the molecule is CC(=O)CC(O)CCCc1ccc(NC(C)=O)cc1. The average molecular weight is 263 g/mol. The van der Waals surface area contributed by atoms with Gasteiger partial charge in [-0.05, 0) is 43.9 Å². The van der Waals surface area contributed by atoms with E-state index in [4.69, 9.17) is 0 Å². The van der Waals surface area contributed by atoms with Gasteiger partial charge in [0.15, 0.2) is 0 Å². The Bertz CT molecular complexity index is 426. The second-order valence-electron chi connectivity index (χ2n) is 4.83. The molecule has 19 heavy (non-hydrogen) atoms. The summed E-state index contributed by atoms with van der Waals surface area (Å²) in [5.74, 6) is -0.0627. The first-order valence-corrected chi connectivity index (χ1v) is 6.51. The molecule has 4 heteroatoms. The van der Waals surface area contributed by atoms with Crippen LogP contribution in [0.3, 0.4) is 0 Å². The number of aliphatic hydroxyl groups excluding tert-OH is 1. The molecule has 1 atom stereocenters. The molecule has 0 bridgehead atoms. The first-order chi connectivity index (χ1) is 8.97. The van der Waals surface area contributed by atoms with Gasteiger partial charge in [-0.1, -0.05) is 12.1 Å². The molecule has 1 amide bonds. The van der Waals surface area contributed by atoms with E-state index in [0.717, 1.165) is 24.1 Å². The Morgan fingerprint density at radius 3 is 2.37 bits per heavy atom. The maximum atomic E-state index is 10.9. The molecular formula is C15H21NO3. The molecular weight excluding hydrogens is 242 g/mol. The summed E-state index contributed by atoms with van der Waals surface area (Å²) in [6.07, 6.45) is 2.04. The molecule has 2 N–H and O–H groups in total. The number of aryl methyl sites for hydroxylation is 1. The van der Waals surface area contributed by atoms with E-state index in [0.29, 0.717) is 6.42 Å². The van der Waals surface area contributed by atoms with Crippen molar-refractivity contribution < 1.29 is 14.7 Å². The van der Waals surface area contributed by atoms with E-state index in [-0.39, 0.29) is 18.1 Å². The Morgan fingerprint density at radius 2 is 1.84 bits per heavy atom. The largest absolute Gasteiger partial charge is 0.393 e. The fraction of sp³-hybridized carbons (Fsp3) is 0.467. The highest BCUT2D eigenvalue weighted by Crippen LogP contribution is 2.13. The molecule has 1 aromatic rings. The van der Waals surface area contributed by atoms with Crippen LogP contribution in [0.4, 0.5) is 5.69 Å². The number of nitrogens with one attached hydrogen (secondary N) is 1. The summed E-state index contributed by atoms with van der Waals surface area (Å²) in [6, 6.07) is 7.65. The van der Waals surface area contributed by atoms with Crippen molar-refractivity contribution in [3.63, 3.8) is 0 Å². The van der Waals surface area contributed by atoms with Gasteiger partial charge in [0.05, 0.1) is 6.10 Å². The van der Waals surface area contributed by atoms with Gasteiger partial charge in [-0.2, -0.15) is 0 Å². The third-order valence-electron chi connectivity index (χ3n) is 2.80. The van der Waals surface area contributed by atoms with E-state index < -0.39 is 6.10 Å². The van der Waals surface area contributed by atoms with Crippen molar-refractivity contribution in [2.24, 2.45) is 0 Å². The van der Waals surface area contributed by atoms with Crippen molar-refractivity contribution in [1.82, 2.24) is 0 Å². The van der Waals surface area contributed by atoms with E-state index in [9.17, 15) is 14.7 Å². The summed E-state index contributed by atoms with van der Waals surface area (Å²) in [5, 5.41) is 12.3. The molecule has 0 aliphatic heterocycles. The highest BCUT2D eigenvalue weighted by molar-refractivity contribution is 5.88. The quantitative estimate of drug-likeness (QED) is 0.793. The number of rotatable bonds is 7. The maximum absolute atomic E-state index is 10.9. The zero-order valence-corrected chi connectivity index (χ0v) is 11.5. The van der Waals surface area contributed by atoms with E-state index in [1.54, 1.807) is 0 Å². The third kappa shape index (κ3) is 6.72. The lowest BCUT2D eigenvalue weighted by Crippen LogP contribution is -2.11. The number of amides is 1. The summed E-state index contributed by atoms with van der Waals surface area (Å²) in [6.45, 7) is 2.97. The predicted octanol–water partition coefficient (Wildman–Crippen LogP) is 2.31. The first kappa shape index (κ1) is 15.4. The van der Waals surface area contributed by atoms with Gasteiger partial charge >= 0.3 is 0 Å². The third-order valence-corrected chi connectivity index (χ3v) is 2.80. The van der Waals surface area contributed by atoms with E-state index in [1.807, 2.05) is 24.3 Å². The number of carbonyl (C=O) groups is 2. The molecule has 1 rings (SSSR count). The van der Waals surface area contributed by atoms with Crippen LogP contribution in [0.5, 0.6) is 0 Å². The van der Waals surface area contributed by atoms with Crippen LogP contribution in [-0.2, 0) is 16.0 Å². The van der Waals surface area contributed by atoms with Crippen molar-refractivity contribution >= 4 is 17.4 Å². The molecule has 0 spiro atoms. The molecule has 1 unspecified atom stereocenters. The molecule has 0 aromatic heterocycles. The lowest BCUT2D eigenvalue weighted by atomic mass is 10.0.